The molecule has 2 heterocycles. The lowest BCUT2D eigenvalue weighted by molar-refractivity contribution is 0.119. The minimum Gasteiger partial charge on any atom is -0.357 e. The van der Waals surface area contributed by atoms with E-state index in [4.69, 9.17) is 4.99 Å². The number of aliphatic imine (C=N–C) groups is 1. The van der Waals surface area contributed by atoms with E-state index in [2.05, 4.69) is 76.1 Å². The molecule has 1 aromatic heterocycles. The number of piperazine rings is 1. The molecular formula is C21H35N7. The maximum absolute atomic E-state index is 4.83. The van der Waals surface area contributed by atoms with Gasteiger partial charge in [-0.25, -0.2) is 4.98 Å². The van der Waals surface area contributed by atoms with E-state index in [1.165, 1.54) is 5.52 Å². The van der Waals surface area contributed by atoms with Crippen molar-refractivity contribution in [2.75, 3.05) is 53.4 Å². The Balaban J connectivity index is 1.51. The fourth-order valence-electron chi connectivity index (χ4n) is 3.76. The normalized spacial score (nSPS) is 19.3. The molecule has 28 heavy (non-hydrogen) atoms. The molecule has 0 bridgehead atoms. The number of nitrogens with zero attached hydrogens (tertiary/aromatic N) is 5. The molecule has 2 N–H and O–H groups in total. The van der Waals surface area contributed by atoms with Gasteiger partial charge in [-0.3, -0.25) is 9.89 Å². The van der Waals surface area contributed by atoms with Crippen LogP contribution in [0.4, 0.5) is 0 Å². The van der Waals surface area contributed by atoms with Crippen LogP contribution in [-0.4, -0.2) is 84.7 Å². The van der Waals surface area contributed by atoms with Crippen molar-refractivity contribution in [3.05, 3.63) is 30.1 Å². The first-order valence-corrected chi connectivity index (χ1v) is 10.4. The van der Waals surface area contributed by atoms with Crippen LogP contribution in [0, 0.1) is 6.92 Å². The van der Waals surface area contributed by atoms with Gasteiger partial charge in [-0.1, -0.05) is 12.1 Å². The average Bonchev–Trinajstić information content (AvgIpc) is 3.00. The minimum atomic E-state index is 0.481. The zero-order valence-corrected chi connectivity index (χ0v) is 17.8. The van der Waals surface area contributed by atoms with Gasteiger partial charge in [0.1, 0.15) is 5.82 Å². The molecule has 0 aliphatic carbocycles. The second-order valence-corrected chi connectivity index (χ2v) is 7.70. The standard InChI is InChI=1S/C21H35N7/c1-5-22-21(24-15-18-16-26(3)13-14-27(18)4)23-11-8-12-28-17(2)25-19-9-6-7-10-20(19)28/h6-7,9-10,18H,5,8,11-16H2,1-4H3,(H2,22,23,24). The minimum absolute atomic E-state index is 0.481. The van der Waals surface area contributed by atoms with Crippen LogP contribution >= 0.6 is 0 Å². The summed E-state index contributed by atoms with van der Waals surface area (Å²) >= 11 is 0. The summed E-state index contributed by atoms with van der Waals surface area (Å²) in [6.45, 7) is 11.0. The zero-order valence-electron chi connectivity index (χ0n) is 17.8. The van der Waals surface area contributed by atoms with Gasteiger partial charge in [0.2, 0.25) is 0 Å². The summed E-state index contributed by atoms with van der Waals surface area (Å²) in [4.78, 5) is 14.3. The van der Waals surface area contributed by atoms with Gasteiger partial charge in [-0.05, 0) is 46.5 Å². The summed E-state index contributed by atoms with van der Waals surface area (Å²) in [5, 5.41) is 6.86. The Kier molecular flexibility index (Phi) is 7.28. The fourth-order valence-corrected chi connectivity index (χ4v) is 3.76. The SMILES string of the molecule is CCNC(=NCC1CN(C)CCN1C)NCCCn1c(C)nc2ccccc21. The van der Waals surface area contributed by atoms with Crippen molar-refractivity contribution in [3.63, 3.8) is 0 Å². The van der Waals surface area contributed by atoms with Gasteiger partial charge >= 0.3 is 0 Å². The van der Waals surface area contributed by atoms with Crippen molar-refractivity contribution >= 4 is 17.0 Å². The fraction of sp³-hybridized carbons (Fsp3) is 0.619. The molecule has 0 spiro atoms. The first kappa shape index (κ1) is 20.6. The van der Waals surface area contributed by atoms with Crippen LogP contribution in [0.25, 0.3) is 11.0 Å². The lowest BCUT2D eigenvalue weighted by Gasteiger charge is -2.36. The summed E-state index contributed by atoms with van der Waals surface area (Å²) in [6.07, 6.45) is 1.03. The first-order chi connectivity index (χ1) is 13.6. The van der Waals surface area contributed by atoms with Gasteiger partial charge in [0, 0.05) is 45.3 Å². The van der Waals surface area contributed by atoms with Gasteiger partial charge in [0.25, 0.3) is 0 Å². The number of para-hydroxylation sites is 2. The number of benzene rings is 1. The molecule has 7 heteroatoms. The Bertz CT molecular complexity index is 782. The third kappa shape index (κ3) is 5.23. The number of hydrogen-bond acceptors (Lipinski definition) is 4. The van der Waals surface area contributed by atoms with E-state index in [-0.39, 0.29) is 0 Å². The Morgan fingerprint density at radius 2 is 2.04 bits per heavy atom. The number of rotatable bonds is 7. The van der Waals surface area contributed by atoms with E-state index >= 15 is 0 Å². The first-order valence-electron chi connectivity index (χ1n) is 10.4. The molecule has 1 fully saturated rings. The Morgan fingerprint density at radius 3 is 2.86 bits per heavy atom. The monoisotopic (exact) mass is 385 g/mol. The van der Waals surface area contributed by atoms with Gasteiger partial charge in [-0.2, -0.15) is 0 Å². The topological polar surface area (TPSA) is 60.7 Å². The van der Waals surface area contributed by atoms with Crippen molar-refractivity contribution in [3.8, 4) is 0 Å². The molecule has 1 aliphatic heterocycles. The third-order valence-electron chi connectivity index (χ3n) is 5.48. The molecule has 1 aromatic carbocycles. The van der Waals surface area contributed by atoms with Gasteiger partial charge in [0.05, 0.1) is 17.6 Å². The third-order valence-corrected chi connectivity index (χ3v) is 5.48. The Hall–Kier alpha value is -2.12. The van der Waals surface area contributed by atoms with E-state index in [1.54, 1.807) is 0 Å². The maximum Gasteiger partial charge on any atom is 0.191 e. The lowest BCUT2D eigenvalue weighted by atomic mass is 10.2. The molecule has 0 radical (unpaired) electrons. The van der Waals surface area contributed by atoms with E-state index in [1.807, 2.05) is 6.07 Å². The van der Waals surface area contributed by atoms with E-state index in [0.29, 0.717) is 6.04 Å². The molecule has 1 unspecified atom stereocenters. The molecule has 3 rings (SSSR count). The van der Waals surface area contributed by atoms with Crippen LogP contribution in [-0.2, 0) is 6.54 Å². The molecule has 7 nitrogen and oxygen atoms in total. The highest BCUT2D eigenvalue weighted by Crippen LogP contribution is 2.15. The number of nitrogens with one attached hydrogen (secondary N) is 2. The van der Waals surface area contributed by atoms with Crippen molar-refractivity contribution in [2.45, 2.75) is 32.9 Å². The number of aromatic nitrogens is 2. The van der Waals surface area contributed by atoms with Crippen molar-refractivity contribution in [1.29, 1.82) is 0 Å². The quantitative estimate of drug-likeness (QED) is 0.430. The summed E-state index contributed by atoms with van der Waals surface area (Å²) in [7, 11) is 4.39. The molecule has 2 aromatic rings. The predicted octanol–water partition coefficient (Wildman–Crippen LogP) is 1.54. The molecule has 0 saturated carbocycles. The largest absolute Gasteiger partial charge is 0.357 e. The number of guanidine groups is 1. The average molecular weight is 386 g/mol. The zero-order chi connectivity index (χ0) is 19.9. The summed E-state index contributed by atoms with van der Waals surface area (Å²) < 4.78 is 2.30. The summed E-state index contributed by atoms with van der Waals surface area (Å²) in [5.74, 6) is 1.99. The Morgan fingerprint density at radius 1 is 1.21 bits per heavy atom. The molecule has 1 saturated heterocycles. The molecule has 154 valence electrons. The number of fused-ring (bicyclic) bond motifs is 1. The molecule has 1 aliphatic rings. The highest BCUT2D eigenvalue weighted by molar-refractivity contribution is 5.79. The van der Waals surface area contributed by atoms with Crippen molar-refractivity contribution < 1.29 is 0 Å². The number of imidazole rings is 1. The summed E-state index contributed by atoms with van der Waals surface area (Å²) in [6, 6.07) is 8.82. The second-order valence-electron chi connectivity index (χ2n) is 7.70. The smallest absolute Gasteiger partial charge is 0.191 e. The highest BCUT2D eigenvalue weighted by atomic mass is 15.3. The second kappa shape index (κ2) is 9.89. The summed E-state index contributed by atoms with van der Waals surface area (Å²) in [5.41, 5.74) is 2.29. The van der Waals surface area contributed by atoms with Gasteiger partial charge < -0.3 is 20.1 Å². The van der Waals surface area contributed by atoms with E-state index in [9.17, 15) is 0 Å². The lowest BCUT2D eigenvalue weighted by Crippen LogP contribution is -2.51. The van der Waals surface area contributed by atoms with Crippen LogP contribution < -0.4 is 10.6 Å². The van der Waals surface area contributed by atoms with E-state index < -0.39 is 0 Å². The number of likely N-dealkylation sites (N-methyl/N-ethyl adjacent to an activating group) is 2. The van der Waals surface area contributed by atoms with Crippen LogP contribution in [0.1, 0.15) is 19.2 Å². The molecular weight excluding hydrogens is 350 g/mol. The van der Waals surface area contributed by atoms with Crippen molar-refractivity contribution in [2.24, 2.45) is 4.99 Å². The molecule has 1 atom stereocenters. The molecule has 0 amide bonds. The van der Waals surface area contributed by atoms with Gasteiger partial charge in [-0.15, -0.1) is 0 Å². The van der Waals surface area contributed by atoms with Crippen LogP contribution in [0.2, 0.25) is 0 Å². The Labute approximate surface area is 168 Å². The van der Waals surface area contributed by atoms with Crippen LogP contribution in [0.15, 0.2) is 29.3 Å². The maximum atomic E-state index is 4.83. The van der Waals surface area contributed by atoms with E-state index in [0.717, 1.165) is 69.5 Å². The van der Waals surface area contributed by atoms with Crippen LogP contribution in [0.5, 0.6) is 0 Å². The van der Waals surface area contributed by atoms with Crippen LogP contribution in [0.3, 0.4) is 0 Å². The van der Waals surface area contributed by atoms with Crippen molar-refractivity contribution in [1.82, 2.24) is 30.0 Å². The predicted molar refractivity (Wildman–Crippen MR) is 117 cm³/mol. The number of hydrogen-bond donors (Lipinski definition) is 2. The highest BCUT2D eigenvalue weighted by Gasteiger charge is 2.21. The number of aryl methyl sites for hydroxylation is 2. The van der Waals surface area contributed by atoms with Gasteiger partial charge in [0.15, 0.2) is 5.96 Å².